The first-order valence-corrected chi connectivity index (χ1v) is 10.8. The van der Waals surface area contributed by atoms with Gasteiger partial charge < -0.3 is 4.90 Å². The van der Waals surface area contributed by atoms with E-state index in [1.165, 1.54) is 45.2 Å². The van der Waals surface area contributed by atoms with Crippen LogP contribution in [0.2, 0.25) is 10.0 Å². The van der Waals surface area contributed by atoms with Gasteiger partial charge in [0.05, 0.1) is 15.5 Å². The zero-order valence-corrected chi connectivity index (χ0v) is 17.0. The van der Waals surface area contributed by atoms with E-state index in [0.717, 1.165) is 24.8 Å². The molecule has 0 radical (unpaired) electrons. The number of amides is 1. The van der Waals surface area contributed by atoms with Crippen LogP contribution in [-0.2, 0) is 10.2 Å². The largest absolute Gasteiger partial charge is 0.340 e. The van der Waals surface area contributed by atoms with Crippen molar-refractivity contribution in [2.45, 2.75) is 68.9 Å². The summed E-state index contributed by atoms with van der Waals surface area (Å²) in [5, 5.41) is 1.09. The summed E-state index contributed by atoms with van der Waals surface area (Å²) >= 11 is 12.3. The normalized spacial score (nSPS) is 28.1. The molecule has 3 aliphatic rings. The summed E-state index contributed by atoms with van der Waals surface area (Å²) in [6.45, 7) is 2.39. The van der Waals surface area contributed by atoms with Crippen LogP contribution in [0, 0.1) is 0 Å². The third-order valence-corrected chi connectivity index (χ3v) is 7.49. The van der Waals surface area contributed by atoms with Crippen LogP contribution in [0.15, 0.2) is 18.2 Å². The van der Waals surface area contributed by atoms with Crippen molar-refractivity contribution in [1.82, 2.24) is 9.80 Å². The van der Waals surface area contributed by atoms with Gasteiger partial charge >= 0.3 is 0 Å². The highest BCUT2D eigenvalue weighted by molar-refractivity contribution is 6.42. The predicted molar refractivity (Wildman–Crippen MR) is 107 cm³/mol. The molecule has 142 valence electrons. The monoisotopic (exact) mass is 394 g/mol. The molecule has 4 rings (SSSR count). The molecule has 0 unspecified atom stereocenters. The maximum atomic E-state index is 13.5. The molecule has 1 saturated heterocycles. The van der Waals surface area contributed by atoms with Crippen LogP contribution in [0.5, 0.6) is 0 Å². The van der Waals surface area contributed by atoms with Crippen LogP contribution in [0.4, 0.5) is 0 Å². The third kappa shape index (κ3) is 3.27. The van der Waals surface area contributed by atoms with Crippen LogP contribution in [0.25, 0.3) is 0 Å². The zero-order chi connectivity index (χ0) is 18.3. The Morgan fingerprint density at radius 1 is 1.08 bits per heavy atom. The first-order valence-electron chi connectivity index (χ1n) is 10.00. The average Bonchev–Trinajstić information content (AvgIpc) is 3.29. The van der Waals surface area contributed by atoms with Crippen LogP contribution < -0.4 is 0 Å². The Morgan fingerprint density at radius 2 is 1.77 bits per heavy atom. The Balaban J connectivity index is 1.55. The molecule has 2 saturated carbocycles. The highest BCUT2D eigenvalue weighted by Crippen LogP contribution is 2.51. The van der Waals surface area contributed by atoms with E-state index in [1.807, 2.05) is 25.2 Å². The number of nitrogens with zero attached hydrogens (tertiary/aromatic N) is 2. The number of carbonyl (C=O) groups is 1. The molecule has 5 heteroatoms. The first kappa shape index (κ1) is 18.6. The van der Waals surface area contributed by atoms with Gasteiger partial charge in [0.15, 0.2) is 0 Å². The van der Waals surface area contributed by atoms with Gasteiger partial charge in [-0.05, 0) is 69.3 Å². The summed E-state index contributed by atoms with van der Waals surface area (Å²) in [4.78, 5) is 18.2. The van der Waals surface area contributed by atoms with Crippen LogP contribution in [0.1, 0.15) is 56.9 Å². The second kappa shape index (κ2) is 7.33. The number of halogens is 2. The Morgan fingerprint density at radius 3 is 2.42 bits per heavy atom. The Hall–Kier alpha value is -0.770. The summed E-state index contributed by atoms with van der Waals surface area (Å²) in [6, 6.07) is 6.56. The highest BCUT2D eigenvalue weighted by atomic mass is 35.5. The van der Waals surface area contributed by atoms with Gasteiger partial charge in [-0.25, -0.2) is 0 Å². The van der Waals surface area contributed by atoms with Gasteiger partial charge in [0.1, 0.15) is 0 Å². The summed E-state index contributed by atoms with van der Waals surface area (Å²) in [5.41, 5.74) is 0.646. The van der Waals surface area contributed by atoms with E-state index in [-0.39, 0.29) is 11.3 Å². The van der Waals surface area contributed by atoms with Crippen LogP contribution in [0.3, 0.4) is 0 Å². The van der Waals surface area contributed by atoms with E-state index in [1.54, 1.807) is 0 Å². The molecule has 1 heterocycles. The van der Waals surface area contributed by atoms with Gasteiger partial charge in [-0.3, -0.25) is 9.69 Å². The second-order valence-electron chi connectivity index (χ2n) is 8.29. The minimum atomic E-state index is -0.379. The molecule has 1 aromatic carbocycles. The molecule has 2 atom stereocenters. The van der Waals surface area contributed by atoms with Gasteiger partial charge in [0.25, 0.3) is 0 Å². The van der Waals surface area contributed by atoms with Crippen molar-refractivity contribution in [3.63, 3.8) is 0 Å². The van der Waals surface area contributed by atoms with Crippen molar-refractivity contribution in [3.05, 3.63) is 33.8 Å². The number of likely N-dealkylation sites (N-methyl/N-ethyl adjacent to an activating group) is 1. The minimum absolute atomic E-state index is 0.270. The minimum Gasteiger partial charge on any atom is -0.340 e. The topological polar surface area (TPSA) is 23.6 Å². The predicted octanol–water partition coefficient (Wildman–Crippen LogP) is 4.89. The lowest BCUT2D eigenvalue weighted by molar-refractivity contribution is -0.137. The van der Waals surface area contributed by atoms with E-state index >= 15 is 0 Å². The summed E-state index contributed by atoms with van der Waals surface area (Å²) in [6.07, 6.45) is 9.29. The zero-order valence-electron chi connectivity index (χ0n) is 15.5. The molecule has 1 aliphatic heterocycles. The summed E-state index contributed by atoms with van der Waals surface area (Å²) in [7, 11) is 2.03. The van der Waals surface area contributed by atoms with E-state index < -0.39 is 0 Å². The third-order valence-electron chi connectivity index (χ3n) is 6.75. The standard InChI is InChI=1S/C21H28Cl2N2O/c1-24(18-6-2-3-7-19(18)25-12-4-5-13-25)20(26)21(10-11-21)15-8-9-16(22)17(23)14-15/h8-9,14,18-19H,2-7,10-13H2,1H3/t18-,19-/m1/s1. The molecule has 26 heavy (non-hydrogen) atoms. The molecule has 0 N–H and O–H groups in total. The number of carbonyl (C=O) groups excluding carboxylic acids is 1. The smallest absolute Gasteiger partial charge is 0.233 e. The van der Waals surface area contributed by atoms with E-state index in [0.29, 0.717) is 22.1 Å². The SMILES string of the molecule is CN(C(=O)C1(c2ccc(Cl)c(Cl)c2)CC1)[C@@H]1CCCC[C@H]1N1CCCC1. The number of hydrogen-bond donors (Lipinski definition) is 0. The van der Waals surface area contributed by atoms with Crippen molar-refractivity contribution in [1.29, 1.82) is 0 Å². The van der Waals surface area contributed by atoms with Crippen molar-refractivity contribution in [2.24, 2.45) is 0 Å². The van der Waals surface area contributed by atoms with Crippen molar-refractivity contribution in [2.75, 3.05) is 20.1 Å². The lowest BCUT2D eigenvalue weighted by Crippen LogP contribution is -2.55. The molecular formula is C21H28Cl2N2O. The Kier molecular flexibility index (Phi) is 5.24. The lowest BCUT2D eigenvalue weighted by atomic mass is 9.86. The van der Waals surface area contributed by atoms with Gasteiger partial charge in [0, 0.05) is 19.1 Å². The Bertz CT molecular complexity index is 683. The molecule has 0 aromatic heterocycles. The number of likely N-dealkylation sites (tertiary alicyclic amines) is 1. The van der Waals surface area contributed by atoms with E-state index in [9.17, 15) is 4.79 Å². The first-order chi connectivity index (χ1) is 12.5. The second-order valence-corrected chi connectivity index (χ2v) is 9.10. The fourth-order valence-corrected chi connectivity index (χ4v) is 5.37. The van der Waals surface area contributed by atoms with Crippen LogP contribution in [-0.4, -0.2) is 47.9 Å². The van der Waals surface area contributed by atoms with Gasteiger partial charge in [-0.1, -0.05) is 42.1 Å². The van der Waals surface area contributed by atoms with E-state index in [2.05, 4.69) is 9.80 Å². The van der Waals surface area contributed by atoms with Gasteiger partial charge in [0.2, 0.25) is 5.91 Å². The quantitative estimate of drug-likeness (QED) is 0.725. The fraction of sp³-hybridized carbons (Fsp3) is 0.667. The average molecular weight is 395 g/mol. The Labute approximate surface area is 166 Å². The number of rotatable bonds is 4. The van der Waals surface area contributed by atoms with Gasteiger partial charge in [-0.2, -0.15) is 0 Å². The highest BCUT2D eigenvalue weighted by Gasteiger charge is 2.54. The van der Waals surface area contributed by atoms with Crippen LogP contribution >= 0.6 is 23.2 Å². The molecule has 3 nitrogen and oxygen atoms in total. The molecule has 3 fully saturated rings. The maximum Gasteiger partial charge on any atom is 0.233 e. The molecule has 2 aliphatic carbocycles. The maximum absolute atomic E-state index is 13.5. The summed E-state index contributed by atoms with van der Waals surface area (Å²) < 4.78 is 0. The molecular weight excluding hydrogens is 367 g/mol. The van der Waals surface area contributed by atoms with Gasteiger partial charge in [-0.15, -0.1) is 0 Å². The summed E-state index contributed by atoms with van der Waals surface area (Å²) in [5.74, 6) is 0.270. The molecule has 1 amide bonds. The molecule has 0 spiro atoms. The number of hydrogen-bond acceptors (Lipinski definition) is 2. The van der Waals surface area contributed by atoms with Crippen molar-refractivity contribution in [3.8, 4) is 0 Å². The van der Waals surface area contributed by atoms with Crippen molar-refractivity contribution < 1.29 is 4.79 Å². The van der Waals surface area contributed by atoms with Crippen molar-refractivity contribution >= 4 is 29.1 Å². The lowest BCUT2D eigenvalue weighted by Gasteiger charge is -2.43. The van der Waals surface area contributed by atoms with E-state index in [4.69, 9.17) is 23.2 Å². The number of benzene rings is 1. The molecule has 0 bridgehead atoms. The fourth-order valence-electron chi connectivity index (χ4n) is 5.08. The molecule has 1 aromatic rings.